The molecule has 0 fully saturated rings. The maximum atomic E-state index is 11.4. The second-order valence-corrected chi connectivity index (χ2v) is 3.71. The quantitative estimate of drug-likeness (QED) is 0.636. The summed E-state index contributed by atoms with van der Waals surface area (Å²) in [6.45, 7) is 3.90. The Balaban J connectivity index is 2.45. The van der Waals surface area contributed by atoms with Crippen molar-refractivity contribution in [3.63, 3.8) is 0 Å². The Bertz CT molecular complexity index is 452. The third-order valence-electron chi connectivity index (χ3n) is 2.32. The highest BCUT2D eigenvalue weighted by Crippen LogP contribution is 2.08. The van der Waals surface area contributed by atoms with Crippen LogP contribution in [-0.4, -0.2) is 25.0 Å². The molecule has 0 aliphatic carbocycles. The first-order valence-electron chi connectivity index (χ1n) is 5.80. The Labute approximate surface area is 107 Å². The van der Waals surface area contributed by atoms with Crippen LogP contribution in [-0.2, 0) is 14.3 Å². The highest BCUT2D eigenvalue weighted by molar-refractivity contribution is 5.93. The summed E-state index contributed by atoms with van der Waals surface area (Å²) >= 11 is 0. The second-order valence-electron chi connectivity index (χ2n) is 3.71. The molecular formula is C14H17NO3. The van der Waals surface area contributed by atoms with Crippen LogP contribution in [0.15, 0.2) is 30.3 Å². The van der Waals surface area contributed by atoms with E-state index < -0.39 is 5.97 Å². The van der Waals surface area contributed by atoms with E-state index in [1.807, 2.05) is 31.2 Å². The summed E-state index contributed by atoms with van der Waals surface area (Å²) < 4.78 is 4.70. The summed E-state index contributed by atoms with van der Waals surface area (Å²) in [5.41, 5.74) is 2.07. The Hall–Kier alpha value is -2.10. The molecule has 1 aromatic carbocycles. The van der Waals surface area contributed by atoms with Gasteiger partial charge in [-0.2, -0.15) is 0 Å². The number of amides is 1. The number of benzene rings is 1. The molecule has 18 heavy (non-hydrogen) atoms. The molecule has 0 atom stereocenters. The van der Waals surface area contributed by atoms with Gasteiger partial charge in [-0.15, -0.1) is 0 Å². The lowest BCUT2D eigenvalue weighted by atomic mass is 10.1. The number of hydrogen-bond acceptors (Lipinski definition) is 3. The zero-order valence-corrected chi connectivity index (χ0v) is 10.6. The predicted octanol–water partition coefficient (Wildman–Crippen LogP) is 1.69. The van der Waals surface area contributed by atoms with Crippen molar-refractivity contribution in [2.75, 3.05) is 13.2 Å². The topological polar surface area (TPSA) is 55.4 Å². The van der Waals surface area contributed by atoms with Crippen molar-refractivity contribution >= 4 is 18.0 Å². The molecule has 0 aliphatic heterocycles. The van der Waals surface area contributed by atoms with Crippen molar-refractivity contribution in [3.8, 4) is 0 Å². The van der Waals surface area contributed by atoms with E-state index in [9.17, 15) is 9.59 Å². The van der Waals surface area contributed by atoms with Crippen molar-refractivity contribution in [1.82, 2.24) is 5.32 Å². The molecule has 0 radical (unpaired) electrons. The number of carbonyl (C=O) groups is 2. The molecule has 0 unspecified atom stereocenters. The molecule has 4 nitrogen and oxygen atoms in total. The highest BCUT2D eigenvalue weighted by atomic mass is 16.5. The molecule has 0 aromatic heterocycles. The summed E-state index contributed by atoms with van der Waals surface area (Å²) in [5, 5.41) is 2.46. The summed E-state index contributed by atoms with van der Waals surface area (Å²) in [6, 6.07) is 7.73. The molecular weight excluding hydrogens is 230 g/mol. The van der Waals surface area contributed by atoms with Crippen LogP contribution in [0.5, 0.6) is 0 Å². The van der Waals surface area contributed by atoms with Gasteiger partial charge in [0.25, 0.3) is 0 Å². The van der Waals surface area contributed by atoms with Crippen LogP contribution < -0.4 is 5.32 Å². The fourth-order valence-electron chi connectivity index (χ4n) is 1.37. The Morgan fingerprint density at radius 2 is 2.06 bits per heavy atom. The third kappa shape index (κ3) is 4.82. The maximum Gasteiger partial charge on any atom is 0.325 e. The van der Waals surface area contributed by atoms with E-state index in [4.69, 9.17) is 4.74 Å². The van der Waals surface area contributed by atoms with Crippen LogP contribution in [0.2, 0.25) is 0 Å². The first-order valence-corrected chi connectivity index (χ1v) is 5.80. The van der Waals surface area contributed by atoms with Gasteiger partial charge in [0, 0.05) is 6.08 Å². The van der Waals surface area contributed by atoms with Gasteiger partial charge in [0.2, 0.25) is 5.91 Å². The highest BCUT2D eigenvalue weighted by Gasteiger charge is 2.02. The van der Waals surface area contributed by atoms with E-state index in [1.54, 1.807) is 13.0 Å². The fourth-order valence-corrected chi connectivity index (χ4v) is 1.37. The van der Waals surface area contributed by atoms with Crippen LogP contribution in [0, 0.1) is 6.92 Å². The standard InChI is InChI=1S/C14H17NO3/c1-3-18-14(17)10-15-13(16)9-8-12-7-5-4-6-11(12)2/h4-9H,3,10H2,1-2H3,(H,15,16)/b9-8+. The lowest BCUT2D eigenvalue weighted by Gasteiger charge is -2.02. The van der Waals surface area contributed by atoms with Gasteiger partial charge in [-0.3, -0.25) is 9.59 Å². The van der Waals surface area contributed by atoms with Crippen LogP contribution in [0.25, 0.3) is 6.08 Å². The van der Waals surface area contributed by atoms with E-state index in [-0.39, 0.29) is 12.5 Å². The van der Waals surface area contributed by atoms with Gasteiger partial charge < -0.3 is 10.1 Å². The number of carbonyl (C=O) groups excluding carboxylic acids is 2. The zero-order chi connectivity index (χ0) is 13.4. The van der Waals surface area contributed by atoms with E-state index >= 15 is 0 Å². The third-order valence-corrected chi connectivity index (χ3v) is 2.32. The number of nitrogens with one attached hydrogen (secondary N) is 1. The van der Waals surface area contributed by atoms with E-state index in [2.05, 4.69) is 5.32 Å². The van der Waals surface area contributed by atoms with Crippen LogP contribution >= 0.6 is 0 Å². The number of ether oxygens (including phenoxy) is 1. The molecule has 1 amide bonds. The zero-order valence-electron chi connectivity index (χ0n) is 10.6. The number of hydrogen-bond donors (Lipinski definition) is 1. The summed E-state index contributed by atoms with van der Waals surface area (Å²) in [6.07, 6.45) is 3.12. The minimum absolute atomic E-state index is 0.106. The largest absolute Gasteiger partial charge is 0.465 e. The Kier molecular flexibility index (Phi) is 5.64. The van der Waals surface area contributed by atoms with Gasteiger partial charge in [-0.1, -0.05) is 24.3 Å². The van der Waals surface area contributed by atoms with Gasteiger partial charge in [0.1, 0.15) is 6.54 Å². The lowest BCUT2D eigenvalue weighted by Crippen LogP contribution is -2.29. The van der Waals surface area contributed by atoms with Crippen LogP contribution in [0.1, 0.15) is 18.1 Å². The maximum absolute atomic E-state index is 11.4. The van der Waals surface area contributed by atoms with E-state index in [0.29, 0.717) is 6.61 Å². The van der Waals surface area contributed by atoms with Gasteiger partial charge in [0.15, 0.2) is 0 Å². The first kappa shape index (κ1) is 14.0. The van der Waals surface area contributed by atoms with Crippen molar-refractivity contribution in [1.29, 1.82) is 0 Å². The normalized spacial score (nSPS) is 10.3. The molecule has 96 valence electrons. The molecule has 0 bridgehead atoms. The number of esters is 1. The van der Waals surface area contributed by atoms with Gasteiger partial charge >= 0.3 is 5.97 Å². The van der Waals surface area contributed by atoms with Crippen molar-refractivity contribution in [3.05, 3.63) is 41.5 Å². The first-order chi connectivity index (χ1) is 8.63. The second kappa shape index (κ2) is 7.27. The van der Waals surface area contributed by atoms with Crippen molar-refractivity contribution in [2.24, 2.45) is 0 Å². The Morgan fingerprint density at radius 1 is 1.33 bits per heavy atom. The lowest BCUT2D eigenvalue weighted by molar-refractivity contribution is -0.143. The Morgan fingerprint density at radius 3 is 2.72 bits per heavy atom. The average molecular weight is 247 g/mol. The summed E-state index contributed by atoms with van der Waals surface area (Å²) in [4.78, 5) is 22.4. The van der Waals surface area contributed by atoms with Crippen molar-refractivity contribution in [2.45, 2.75) is 13.8 Å². The summed E-state index contributed by atoms with van der Waals surface area (Å²) in [5.74, 6) is -0.749. The summed E-state index contributed by atoms with van der Waals surface area (Å²) in [7, 11) is 0. The van der Waals surface area contributed by atoms with Crippen LogP contribution in [0.4, 0.5) is 0 Å². The number of aryl methyl sites for hydroxylation is 1. The minimum atomic E-state index is -0.435. The smallest absolute Gasteiger partial charge is 0.325 e. The minimum Gasteiger partial charge on any atom is -0.465 e. The molecule has 0 saturated heterocycles. The molecule has 0 spiro atoms. The molecule has 1 rings (SSSR count). The molecule has 0 heterocycles. The molecule has 0 saturated carbocycles. The van der Waals surface area contributed by atoms with Gasteiger partial charge in [-0.05, 0) is 31.1 Å². The monoisotopic (exact) mass is 247 g/mol. The van der Waals surface area contributed by atoms with E-state index in [1.165, 1.54) is 6.08 Å². The van der Waals surface area contributed by atoms with Crippen molar-refractivity contribution < 1.29 is 14.3 Å². The number of rotatable bonds is 5. The van der Waals surface area contributed by atoms with Crippen LogP contribution in [0.3, 0.4) is 0 Å². The van der Waals surface area contributed by atoms with Gasteiger partial charge in [-0.25, -0.2) is 0 Å². The fraction of sp³-hybridized carbons (Fsp3) is 0.286. The van der Waals surface area contributed by atoms with Gasteiger partial charge in [0.05, 0.1) is 6.61 Å². The SMILES string of the molecule is CCOC(=O)CNC(=O)/C=C/c1ccccc1C. The predicted molar refractivity (Wildman–Crippen MR) is 69.9 cm³/mol. The average Bonchev–Trinajstić information content (AvgIpc) is 2.36. The molecule has 1 N–H and O–H groups in total. The molecule has 0 aliphatic rings. The molecule has 1 aromatic rings. The van der Waals surface area contributed by atoms with E-state index in [0.717, 1.165) is 11.1 Å². The molecule has 4 heteroatoms.